The number of nitrogens with zero attached hydrogens (tertiary/aromatic N) is 2. The third kappa shape index (κ3) is 2.91. The molecule has 0 saturated carbocycles. The van der Waals surface area contributed by atoms with E-state index >= 15 is 0 Å². The van der Waals surface area contributed by atoms with Gasteiger partial charge >= 0.3 is 0 Å². The van der Waals surface area contributed by atoms with Crippen molar-refractivity contribution in [2.75, 3.05) is 13.3 Å². The summed E-state index contributed by atoms with van der Waals surface area (Å²) in [6.07, 6.45) is 1.94. The van der Waals surface area contributed by atoms with Gasteiger partial charge in [-0.2, -0.15) is 0 Å². The molecule has 1 fully saturated rings. The van der Waals surface area contributed by atoms with Gasteiger partial charge < -0.3 is 18.9 Å². The molecule has 2 aliphatic heterocycles. The second-order valence-electron chi connectivity index (χ2n) is 7.21. The van der Waals surface area contributed by atoms with Crippen LogP contribution in [0, 0.1) is 6.92 Å². The molecule has 6 heteroatoms. The summed E-state index contributed by atoms with van der Waals surface area (Å²) in [4.78, 5) is 15.0. The van der Waals surface area contributed by atoms with Crippen molar-refractivity contribution < 1.29 is 18.8 Å². The van der Waals surface area contributed by atoms with Gasteiger partial charge in [-0.05, 0) is 43.5 Å². The van der Waals surface area contributed by atoms with E-state index in [2.05, 4.69) is 36.3 Å². The van der Waals surface area contributed by atoms with E-state index in [0.717, 1.165) is 30.5 Å². The fourth-order valence-electron chi connectivity index (χ4n) is 3.85. The zero-order valence-electron chi connectivity index (χ0n) is 15.6. The molecule has 0 unspecified atom stereocenters. The molecule has 1 aromatic heterocycles. The summed E-state index contributed by atoms with van der Waals surface area (Å²) in [6.45, 7) is 3.01. The maximum Gasteiger partial charge on any atom is 0.276 e. The zero-order chi connectivity index (χ0) is 19.1. The Labute approximate surface area is 162 Å². The van der Waals surface area contributed by atoms with Crippen LogP contribution in [-0.4, -0.2) is 29.3 Å². The van der Waals surface area contributed by atoms with Crippen LogP contribution < -0.4 is 9.47 Å². The maximum atomic E-state index is 13.1. The molecular formula is C22H20N2O4. The van der Waals surface area contributed by atoms with Gasteiger partial charge in [-0.1, -0.05) is 35.0 Å². The number of aryl methyl sites for hydroxylation is 1. The fourth-order valence-corrected chi connectivity index (χ4v) is 3.85. The van der Waals surface area contributed by atoms with Crippen LogP contribution in [0.1, 0.15) is 40.5 Å². The van der Waals surface area contributed by atoms with Crippen LogP contribution in [0.2, 0.25) is 0 Å². The number of carbonyl (C=O) groups excluding carboxylic acids is 1. The van der Waals surface area contributed by atoms with Gasteiger partial charge in [0.25, 0.3) is 5.91 Å². The van der Waals surface area contributed by atoms with Crippen LogP contribution in [0.15, 0.2) is 53.1 Å². The number of amides is 1. The highest BCUT2D eigenvalue weighted by Crippen LogP contribution is 2.37. The lowest BCUT2D eigenvalue weighted by Crippen LogP contribution is -2.30. The van der Waals surface area contributed by atoms with Gasteiger partial charge in [0.1, 0.15) is 0 Å². The highest BCUT2D eigenvalue weighted by molar-refractivity contribution is 5.93. The monoisotopic (exact) mass is 376 g/mol. The first kappa shape index (κ1) is 16.9. The van der Waals surface area contributed by atoms with Crippen molar-refractivity contribution in [1.29, 1.82) is 0 Å². The van der Waals surface area contributed by atoms with Crippen molar-refractivity contribution in [1.82, 2.24) is 10.1 Å². The molecule has 0 radical (unpaired) electrons. The molecule has 28 heavy (non-hydrogen) atoms. The SMILES string of the molecule is Cc1ccc([C@H]2CCCN2C(=O)c2cc(-c3ccc4c(c3)OCO4)on2)cc1. The van der Waals surface area contributed by atoms with Crippen LogP contribution in [0.3, 0.4) is 0 Å². The van der Waals surface area contributed by atoms with E-state index < -0.39 is 0 Å². The molecule has 3 aromatic rings. The van der Waals surface area contributed by atoms with Crippen LogP contribution in [-0.2, 0) is 0 Å². The minimum atomic E-state index is -0.0983. The van der Waals surface area contributed by atoms with Crippen LogP contribution in [0.25, 0.3) is 11.3 Å². The number of likely N-dealkylation sites (tertiary alicyclic amines) is 1. The Bertz CT molecular complexity index is 1030. The number of aromatic nitrogens is 1. The van der Waals surface area contributed by atoms with Crippen molar-refractivity contribution in [3.05, 3.63) is 65.4 Å². The molecule has 3 heterocycles. The lowest BCUT2D eigenvalue weighted by Gasteiger charge is -2.24. The van der Waals surface area contributed by atoms with Crippen molar-refractivity contribution in [3.63, 3.8) is 0 Å². The Morgan fingerprint density at radius 3 is 2.75 bits per heavy atom. The number of hydrogen-bond acceptors (Lipinski definition) is 5. The summed E-state index contributed by atoms with van der Waals surface area (Å²) < 4.78 is 16.2. The van der Waals surface area contributed by atoms with E-state index in [0.29, 0.717) is 23.0 Å². The zero-order valence-corrected chi connectivity index (χ0v) is 15.6. The number of ether oxygens (including phenoxy) is 2. The summed E-state index contributed by atoms with van der Waals surface area (Å²) in [5, 5.41) is 4.03. The number of benzene rings is 2. The third-order valence-electron chi connectivity index (χ3n) is 5.36. The lowest BCUT2D eigenvalue weighted by molar-refractivity contribution is 0.0725. The summed E-state index contributed by atoms with van der Waals surface area (Å²) in [7, 11) is 0. The largest absolute Gasteiger partial charge is 0.454 e. The lowest BCUT2D eigenvalue weighted by atomic mass is 10.0. The van der Waals surface area contributed by atoms with Gasteiger partial charge in [0.05, 0.1) is 6.04 Å². The Morgan fingerprint density at radius 1 is 1.07 bits per heavy atom. The Morgan fingerprint density at radius 2 is 1.89 bits per heavy atom. The quantitative estimate of drug-likeness (QED) is 0.680. The van der Waals surface area contributed by atoms with E-state index in [1.807, 2.05) is 23.1 Å². The van der Waals surface area contributed by atoms with Crippen LogP contribution in [0.4, 0.5) is 0 Å². The van der Waals surface area contributed by atoms with E-state index in [9.17, 15) is 4.79 Å². The highest BCUT2D eigenvalue weighted by atomic mass is 16.7. The van der Waals surface area contributed by atoms with Crippen molar-refractivity contribution >= 4 is 5.91 Å². The van der Waals surface area contributed by atoms with Gasteiger partial charge in [-0.25, -0.2) is 0 Å². The predicted octanol–water partition coefficient (Wildman–Crippen LogP) is 4.36. The molecule has 0 aliphatic carbocycles. The van der Waals surface area contributed by atoms with Gasteiger partial charge in [-0.15, -0.1) is 0 Å². The Kier molecular flexibility index (Phi) is 4.04. The fraction of sp³-hybridized carbons (Fsp3) is 0.273. The standard InChI is InChI=1S/C22H20N2O4/c1-14-4-6-15(7-5-14)18-3-2-10-24(18)22(25)17-12-20(28-23-17)16-8-9-19-21(11-16)27-13-26-19/h4-9,11-12,18H,2-3,10,13H2,1H3/t18-/m1/s1. The molecule has 0 N–H and O–H groups in total. The molecule has 1 amide bonds. The molecule has 1 atom stereocenters. The second kappa shape index (κ2) is 6.71. The van der Waals surface area contributed by atoms with Crippen LogP contribution >= 0.6 is 0 Å². The average molecular weight is 376 g/mol. The van der Waals surface area contributed by atoms with Crippen molar-refractivity contribution in [2.45, 2.75) is 25.8 Å². The van der Waals surface area contributed by atoms with E-state index in [1.54, 1.807) is 6.07 Å². The second-order valence-corrected chi connectivity index (χ2v) is 7.21. The van der Waals surface area contributed by atoms with Crippen molar-refractivity contribution in [3.8, 4) is 22.8 Å². The van der Waals surface area contributed by atoms with Crippen LogP contribution in [0.5, 0.6) is 11.5 Å². The topological polar surface area (TPSA) is 64.8 Å². The molecule has 0 bridgehead atoms. The number of rotatable bonds is 3. The first-order valence-electron chi connectivity index (χ1n) is 9.43. The third-order valence-corrected chi connectivity index (χ3v) is 5.36. The van der Waals surface area contributed by atoms with Crippen molar-refractivity contribution in [2.24, 2.45) is 0 Å². The smallest absolute Gasteiger partial charge is 0.276 e. The minimum Gasteiger partial charge on any atom is -0.454 e. The molecule has 5 rings (SSSR count). The normalized spacial score (nSPS) is 17.9. The number of hydrogen-bond donors (Lipinski definition) is 0. The summed E-state index contributed by atoms with van der Waals surface area (Å²) in [5.41, 5.74) is 3.50. The molecule has 6 nitrogen and oxygen atoms in total. The summed E-state index contributed by atoms with van der Waals surface area (Å²) >= 11 is 0. The van der Waals surface area contributed by atoms with Gasteiger partial charge in [0, 0.05) is 18.2 Å². The van der Waals surface area contributed by atoms with Gasteiger partial charge in [0.15, 0.2) is 23.0 Å². The first-order valence-corrected chi connectivity index (χ1v) is 9.43. The highest BCUT2D eigenvalue weighted by Gasteiger charge is 2.32. The molecule has 2 aromatic carbocycles. The van der Waals surface area contributed by atoms with Gasteiger partial charge in [0.2, 0.25) is 6.79 Å². The van der Waals surface area contributed by atoms with E-state index in [4.69, 9.17) is 14.0 Å². The number of carbonyl (C=O) groups is 1. The molecule has 0 spiro atoms. The maximum absolute atomic E-state index is 13.1. The van der Waals surface area contributed by atoms with E-state index in [1.165, 1.54) is 5.56 Å². The molecular weight excluding hydrogens is 356 g/mol. The summed E-state index contributed by atoms with van der Waals surface area (Å²) in [6, 6.07) is 15.7. The Hall–Kier alpha value is -3.28. The molecule has 2 aliphatic rings. The Balaban J connectivity index is 1.39. The minimum absolute atomic E-state index is 0.0822. The first-order chi connectivity index (χ1) is 13.7. The number of fused-ring (bicyclic) bond motifs is 1. The summed E-state index contributed by atoms with van der Waals surface area (Å²) in [5.74, 6) is 1.81. The molecule has 142 valence electrons. The molecule has 1 saturated heterocycles. The average Bonchev–Trinajstić information content (AvgIpc) is 3.47. The van der Waals surface area contributed by atoms with Gasteiger partial charge in [-0.3, -0.25) is 4.79 Å². The van der Waals surface area contributed by atoms with E-state index in [-0.39, 0.29) is 18.7 Å². The predicted molar refractivity (Wildman–Crippen MR) is 102 cm³/mol.